The van der Waals surface area contributed by atoms with Crippen LogP contribution in [0.1, 0.15) is 27.8 Å². The summed E-state index contributed by atoms with van der Waals surface area (Å²) in [6, 6.07) is 15.5. The molecule has 0 bridgehead atoms. The molecule has 92 valence electrons. The van der Waals surface area contributed by atoms with Crippen molar-refractivity contribution in [2.45, 2.75) is 26.4 Å². The van der Waals surface area contributed by atoms with Gasteiger partial charge < -0.3 is 0 Å². The van der Waals surface area contributed by atoms with Gasteiger partial charge in [-0.3, -0.25) is 4.90 Å². The first-order valence-electron chi connectivity index (χ1n) is 6.57. The number of fused-ring (bicyclic) bond motifs is 2. The quantitative estimate of drug-likeness (QED) is 0.677. The van der Waals surface area contributed by atoms with E-state index >= 15 is 0 Å². The summed E-state index contributed by atoms with van der Waals surface area (Å²) in [6.45, 7) is 4.32. The molecule has 2 aromatic rings. The van der Waals surface area contributed by atoms with Gasteiger partial charge in [-0.15, -0.1) is 0 Å². The third kappa shape index (κ3) is 2.06. The minimum Gasteiger partial charge on any atom is -0.298 e. The normalized spacial score (nSPS) is 15.4. The second-order valence-corrected chi connectivity index (χ2v) is 5.33. The summed E-state index contributed by atoms with van der Waals surface area (Å²) in [5.41, 5.74) is 7.34. The van der Waals surface area contributed by atoms with E-state index < -0.39 is 0 Å². The van der Waals surface area contributed by atoms with Gasteiger partial charge in [0.25, 0.3) is 0 Å². The van der Waals surface area contributed by atoms with Crippen LogP contribution in [0.2, 0.25) is 0 Å². The summed E-state index contributed by atoms with van der Waals surface area (Å²) in [4.78, 5) is 2.40. The monoisotopic (exact) mass is 237 g/mol. The van der Waals surface area contributed by atoms with Crippen molar-refractivity contribution in [3.8, 4) is 0 Å². The third-order valence-electron chi connectivity index (χ3n) is 3.87. The molecule has 0 aromatic heterocycles. The van der Waals surface area contributed by atoms with Crippen LogP contribution >= 0.6 is 0 Å². The van der Waals surface area contributed by atoms with Crippen LogP contribution in [0.25, 0.3) is 0 Å². The average molecular weight is 237 g/mol. The Hall–Kier alpha value is -1.60. The molecule has 0 spiro atoms. The Morgan fingerprint density at radius 2 is 1.50 bits per heavy atom. The molecule has 1 heterocycles. The molecular weight excluding hydrogens is 218 g/mol. The van der Waals surface area contributed by atoms with E-state index in [-0.39, 0.29) is 0 Å². The maximum absolute atomic E-state index is 2.40. The van der Waals surface area contributed by atoms with Crippen LogP contribution in [-0.2, 0) is 19.5 Å². The van der Waals surface area contributed by atoms with Crippen LogP contribution in [-0.4, -0.2) is 11.9 Å². The Kier molecular flexibility index (Phi) is 2.92. The zero-order valence-electron chi connectivity index (χ0n) is 11.1. The molecule has 1 aliphatic heterocycles. The molecule has 1 heteroatoms. The summed E-state index contributed by atoms with van der Waals surface area (Å²) in [5.74, 6) is 0. The predicted octanol–water partition coefficient (Wildman–Crippen LogP) is 3.53. The molecule has 0 unspecified atom stereocenters. The maximum Gasteiger partial charge on any atom is 0.0237 e. The summed E-state index contributed by atoms with van der Waals surface area (Å²) in [5, 5.41) is 0. The lowest BCUT2D eigenvalue weighted by molar-refractivity contribution is 0.315. The minimum atomic E-state index is 1.05. The van der Waals surface area contributed by atoms with Crippen LogP contribution in [0, 0.1) is 6.92 Å². The molecule has 18 heavy (non-hydrogen) atoms. The van der Waals surface area contributed by atoms with E-state index in [1.54, 1.807) is 0 Å². The molecule has 0 amide bonds. The molecule has 0 saturated heterocycles. The van der Waals surface area contributed by atoms with Gasteiger partial charge in [0.1, 0.15) is 0 Å². The zero-order valence-corrected chi connectivity index (χ0v) is 11.1. The molecule has 0 saturated carbocycles. The highest BCUT2D eigenvalue weighted by Crippen LogP contribution is 2.25. The summed E-state index contributed by atoms with van der Waals surface area (Å²) in [7, 11) is 2.20. The molecule has 0 N–H and O–H groups in total. The van der Waals surface area contributed by atoms with Crippen molar-refractivity contribution in [2.24, 2.45) is 0 Å². The van der Waals surface area contributed by atoms with Gasteiger partial charge in [-0.25, -0.2) is 0 Å². The van der Waals surface area contributed by atoms with Crippen molar-refractivity contribution in [3.05, 3.63) is 70.3 Å². The van der Waals surface area contributed by atoms with Gasteiger partial charge in [0.2, 0.25) is 0 Å². The van der Waals surface area contributed by atoms with Crippen molar-refractivity contribution in [1.29, 1.82) is 0 Å². The van der Waals surface area contributed by atoms with E-state index in [4.69, 9.17) is 0 Å². The van der Waals surface area contributed by atoms with Crippen LogP contribution in [0.4, 0.5) is 0 Å². The van der Waals surface area contributed by atoms with Gasteiger partial charge in [-0.05, 0) is 48.2 Å². The Morgan fingerprint density at radius 3 is 2.33 bits per heavy atom. The first-order chi connectivity index (χ1) is 8.74. The molecular formula is C17H19N. The number of nitrogens with zero attached hydrogens (tertiary/aromatic N) is 1. The molecule has 0 aliphatic carbocycles. The van der Waals surface area contributed by atoms with Gasteiger partial charge in [-0.1, -0.05) is 42.5 Å². The number of benzene rings is 2. The zero-order chi connectivity index (χ0) is 12.5. The molecule has 0 fully saturated rings. The summed E-state index contributed by atoms with van der Waals surface area (Å²) in [6.07, 6.45) is 1.08. The lowest BCUT2D eigenvalue weighted by atomic mass is 9.91. The first kappa shape index (κ1) is 11.5. The number of hydrogen-bond donors (Lipinski definition) is 0. The van der Waals surface area contributed by atoms with Crippen molar-refractivity contribution < 1.29 is 0 Å². The van der Waals surface area contributed by atoms with Gasteiger partial charge in [0.15, 0.2) is 0 Å². The fourth-order valence-electron chi connectivity index (χ4n) is 2.88. The number of hydrogen-bond acceptors (Lipinski definition) is 1. The van der Waals surface area contributed by atoms with Crippen molar-refractivity contribution >= 4 is 0 Å². The van der Waals surface area contributed by atoms with Crippen LogP contribution in [0.15, 0.2) is 42.5 Å². The Balaban J connectivity index is 2.13. The average Bonchev–Trinajstić information content (AvgIpc) is 2.33. The van der Waals surface area contributed by atoms with Crippen molar-refractivity contribution in [2.75, 3.05) is 7.05 Å². The van der Waals surface area contributed by atoms with Crippen molar-refractivity contribution in [1.82, 2.24) is 4.90 Å². The second kappa shape index (κ2) is 4.58. The molecule has 0 radical (unpaired) electrons. The Morgan fingerprint density at radius 1 is 0.833 bits per heavy atom. The second-order valence-electron chi connectivity index (χ2n) is 5.33. The van der Waals surface area contributed by atoms with Crippen LogP contribution in [0.3, 0.4) is 0 Å². The highest BCUT2D eigenvalue weighted by Gasteiger charge is 2.15. The lowest BCUT2D eigenvalue weighted by Gasteiger charge is -2.25. The van der Waals surface area contributed by atoms with Crippen LogP contribution < -0.4 is 0 Å². The number of rotatable bonds is 0. The van der Waals surface area contributed by atoms with E-state index in [1.807, 2.05) is 0 Å². The van der Waals surface area contributed by atoms with Gasteiger partial charge in [0, 0.05) is 13.1 Å². The Labute approximate surface area is 109 Å². The van der Waals surface area contributed by atoms with Gasteiger partial charge in [0.05, 0.1) is 0 Å². The molecule has 0 atom stereocenters. The summed E-state index contributed by atoms with van der Waals surface area (Å²) >= 11 is 0. The first-order valence-corrected chi connectivity index (χ1v) is 6.57. The molecule has 1 aliphatic rings. The highest BCUT2D eigenvalue weighted by molar-refractivity contribution is 5.41. The van der Waals surface area contributed by atoms with E-state index in [1.165, 1.54) is 27.8 Å². The van der Waals surface area contributed by atoms with Gasteiger partial charge in [-0.2, -0.15) is 0 Å². The highest BCUT2D eigenvalue weighted by atomic mass is 15.1. The van der Waals surface area contributed by atoms with E-state index in [0.29, 0.717) is 0 Å². The molecule has 1 nitrogen and oxygen atoms in total. The third-order valence-corrected chi connectivity index (χ3v) is 3.87. The topological polar surface area (TPSA) is 3.24 Å². The minimum absolute atomic E-state index is 1.05. The smallest absolute Gasteiger partial charge is 0.0237 e. The van der Waals surface area contributed by atoms with Crippen LogP contribution in [0.5, 0.6) is 0 Å². The summed E-state index contributed by atoms with van der Waals surface area (Å²) < 4.78 is 0. The lowest BCUT2D eigenvalue weighted by Crippen LogP contribution is -2.21. The molecule has 3 rings (SSSR count). The maximum atomic E-state index is 2.40. The van der Waals surface area contributed by atoms with E-state index in [9.17, 15) is 0 Å². The van der Waals surface area contributed by atoms with E-state index in [0.717, 1.165) is 19.5 Å². The fraction of sp³-hybridized carbons (Fsp3) is 0.294. The van der Waals surface area contributed by atoms with Gasteiger partial charge >= 0.3 is 0 Å². The largest absolute Gasteiger partial charge is 0.298 e. The number of aryl methyl sites for hydroxylation is 1. The SMILES string of the molecule is Cc1cccc2c1Cc1ccccc1CN(C)C2. The predicted molar refractivity (Wildman–Crippen MR) is 75.6 cm³/mol. The van der Waals surface area contributed by atoms with E-state index in [2.05, 4.69) is 61.3 Å². The van der Waals surface area contributed by atoms with Crippen molar-refractivity contribution in [3.63, 3.8) is 0 Å². The Bertz CT molecular complexity index is 572. The standard InChI is InChI=1S/C17H19N/c1-13-6-5-9-16-12-18(2)11-15-8-4-3-7-14(15)10-17(13)16/h3-9H,10-12H2,1-2H3. The molecule has 2 aromatic carbocycles. The fourth-order valence-corrected chi connectivity index (χ4v) is 2.88.